The van der Waals surface area contributed by atoms with Crippen molar-refractivity contribution in [2.24, 2.45) is 5.41 Å². The van der Waals surface area contributed by atoms with Gasteiger partial charge in [-0.15, -0.1) is 0 Å². The van der Waals surface area contributed by atoms with Crippen LogP contribution < -0.4 is 0 Å². The van der Waals surface area contributed by atoms with Crippen molar-refractivity contribution in [1.82, 2.24) is 0 Å². The molecular weight excluding hydrogens is 198 g/mol. The molecule has 0 saturated heterocycles. The molecule has 0 N–H and O–H groups in total. The van der Waals surface area contributed by atoms with Gasteiger partial charge < -0.3 is 4.74 Å². The molecule has 0 bridgehead atoms. The van der Waals surface area contributed by atoms with Crippen molar-refractivity contribution < 1.29 is 4.74 Å². The fourth-order valence-corrected chi connectivity index (χ4v) is 2.46. The molecule has 0 radical (unpaired) electrons. The molecule has 2 nitrogen and oxygen atoms in total. The summed E-state index contributed by atoms with van der Waals surface area (Å²) in [6.07, 6.45) is 3.70. The molecule has 0 amide bonds. The highest BCUT2D eigenvalue weighted by Gasteiger charge is 2.33. The molecule has 84 valence electrons. The zero-order valence-electron chi connectivity index (χ0n) is 9.70. The van der Waals surface area contributed by atoms with Gasteiger partial charge >= 0.3 is 0 Å². The normalized spacial score (nSPS) is 23.5. The van der Waals surface area contributed by atoms with E-state index >= 15 is 0 Å². The van der Waals surface area contributed by atoms with Gasteiger partial charge in [0.15, 0.2) is 0 Å². The third-order valence-electron chi connectivity index (χ3n) is 3.54. The summed E-state index contributed by atoms with van der Waals surface area (Å²) >= 11 is 0. The molecular formula is C14H17NO. The fraction of sp³-hybridized carbons (Fsp3) is 0.500. The highest BCUT2D eigenvalue weighted by atomic mass is 16.5. The van der Waals surface area contributed by atoms with Gasteiger partial charge in [-0.2, -0.15) is 5.26 Å². The lowest BCUT2D eigenvalue weighted by Gasteiger charge is -2.32. The zero-order chi connectivity index (χ0) is 11.4. The van der Waals surface area contributed by atoms with Crippen LogP contribution in [0.15, 0.2) is 24.3 Å². The third kappa shape index (κ3) is 2.10. The second kappa shape index (κ2) is 4.67. The number of nitrogens with zero attached hydrogens (tertiary/aromatic N) is 1. The van der Waals surface area contributed by atoms with E-state index in [-0.39, 0.29) is 5.41 Å². The van der Waals surface area contributed by atoms with Crippen molar-refractivity contribution in [3.05, 3.63) is 35.4 Å². The number of methoxy groups -OCH3 is 1. The molecule has 0 saturated carbocycles. The molecule has 1 aliphatic carbocycles. The maximum absolute atomic E-state index is 9.39. The Balaban J connectivity index is 2.19. The Bertz CT molecular complexity index is 407. The molecule has 2 rings (SSSR count). The Labute approximate surface area is 96.9 Å². The van der Waals surface area contributed by atoms with Crippen molar-refractivity contribution >= 4 is 0 Å². The largest absolute Gasteiger partial charge is 0.385 e. The monoisotopic (exact) mass is 215 g/mol. The molecule has 0 fully saturated rings. The number of hydrogen-bond acceptors (Lipinski definition) is 2. The predicted molar refractivity (Wildman–Crippen MR) is 63.0 cm³/mol. The van der Waals surface area contributed by atoms with E-state index in [1.54, 1.807) is 7.11 Å². The van der Waals surface area contributed by atoms with Gasteiger partial charge in [0, 0.05) is 13.7 Å². The zero-order valence-corrected chi connectivity index (χ0v) is 9.70. The Kier molecular flexibility index (Phi) is 3.26. The number of aryl methyl sites for hydroxylation is 1. The first-order chi connectivity index (χ1) is 7.79. The van der Waals surface area contributed by atoms with Crippen molar-refractivity contribution in [3.8, 4) is 6.07 Å². The summed E-state index contributed by atoms with van der Waals surface area (Å²) in [4.78, 5) is 0. The number of rotatable bonds is 3. The molecule has 1 aromatic carbocycles. The number of hydrogen-bond donors (Lipinski definition) is 0. The Morgan fingerprint density at radius 1 is 1.38 bits per heavy atom. The number of nitriles is 1. The van der Waals surface area contributed by atoms with E-state index in [2.05, 4.69) is 30.3 Å². The molecule has 1 unspecified atom stereocenters. The van der Waals surface area contributed by atoms with Crippen LogP contribution in [-0.2, 0) is 17.6 Å². The topological polar surface area (TPSA) is 33.0 Å². The molecule has 0 spiro atoms. The standard InChI is InChI=1S/C14H17NO/c1-16-9-8-14(11-15)7-6-12-4-2-3-5-13(12)10-14/h2-5H,6-10H2,1H3. The maximum atomic E-state index is 9.39. The van der Waals surface area contributed by atoms with Crippen LogP contribution in [0.2, 0.25) is 0 Å². The first-order valence-corrected chi connectivity index (χ1v) is 5.77. The highest BCUT2D eigenvalue weighted by Crippen LogP contribution is 2.37. The van der Waals surface area contributed by atoms with Gasteiger partial charge in [0.25, 0.3) is 0 Å². The summed E-state index contributed by atoms with van der Waals surface area (Å²) in [6.45, 7) is 0.676. The summed E-state index contributed by atoms with van der Waals surface area (Å²) in [5, 5.41) is 9.39. The minimum absolute atomic E-state index is 0.204. The van der Waals surface area contributed by atoms with Crippen LogP contribution in [0.25, 0.3) is 0 Å². The Morgan fingerprint density at radius 3 is 2.81 bits per heavy atom. The van der Waals surface area contributed by atoms with E-state index in [1.807, 2.05) is 0 Å². The van der Waals surface area contributed by atoms with Crippen LogP contribution in [0.1, 0.15) is 24.0 Å². The fourth-order valence-electron chi connectivity index (χ4n) is 2.46. The molecule has 0 aromatic heterocycles. The molecule has 1 atom stereocenters. The van der Waals surface area contributed by atoms with Gasteiger partial charge in [0.2, 0.25) is 0 Å². The molecule has 0 aliphatic heterocycles. The van der Waals surface area contributed by atoms with Crippen LogP contribution in [-0.4, -0.2) is 13.7 Å². The average molecular weight is 215 g/mol. The summed E-state index contributed by atoms with van der Waals surface area (Å²) in [5.74, 6) is 0. The SMILES string of the molecule is COCCC1(C#N)CCc2ccccc2C1. The predicted octanol–water partition coefficient (Wildman–Crippen LogP) is 2.72. The van der Waals surface area contributed by atoms with Crippen LogP contribution in [0, 0.1) is 16.7 Å². The summed E-state index contributed by atoms with van der Waals surface area (Å²) in [6, 6.07) is 11.0. The average Bonchev–Trinajstić information content (AvgIpc) is 2.36. The molecule has 16 heavy (non-hydrogen) atoms. The lowest BCUT2D eigenvalue weighted by Crippen LogP contribution is -2.28. The molecule has 1 aliphatic rings. The van der Waals surface area contributed by atoms with E-state index in [0.717, 1.165) is 25.7 Å². The number of benzene rings is 1. The molecule has 1 aromatic rings. The summed E-state index contributed by atoms with van der Waals surface area (Å²) in [7, 11) is 1.70. The number of fused-ring (bicyclic) bond motifs is 1. The van der Waals surface area contributed by atoms with E-state index in [4.69, 9.17) is 4.74 Å². The highest BCUT2D eigenvalue weighted by molar-refractivity contribution is 5.32. The first-order valence-electron chi connectivity index (χ1n) is 5.77. The van der Waals surface area contributed by atoms with Gasteiger partial charge in [-0.3, -0.25) is 0 Å². The maximum Gasteiger partial charge on any atom is 0.0694 e. The van der Waals surface area contributed by atoms with Crippen LogP contribution in [0.3, 0.4) is 0 Å². The Hall–Kier alpha value is -1.33. The number of ether oxygens (including phenoxy) is 1. The summed E-state index contributed by atoms with van der Waals surface area (Å²) in [5.41, 5.74) is 2.54. The minimum Gasteiger partial charge on any atom is -0.385 e. The lowest BCUT2D eigenvalue weighted by molar-refractivity contribution is 0.152. The molecule has 0 heterocycles. The van der Waals surface area contributed by atoms with E-state index in [9.17, 15) is 5.26 Å². The second-order valence-electron chi connectivity index (χ2n) is 4.58. The lowest BCUT2D eigenvalue weighted by atomic mass is 9.71. The van der Waals surface area contributed by atoms with Gasteiger partial charge in [-0.05, 0) is 36.8 Å². The van der Waals surface area contributed by atoms with Crippen LogP contribution in [0.5, 0.6) is 0 Å². The molecule has 2 heteroatoms. The third-order valence-corrected chi connectivity index (χ3v) is 3.54. The Morgan fingerprint density at radius 2 is 2.12 bits per heavy atom. The van der Waals surface area contributed by atoms with Gasteiger partial charge in [0.05, 0.1) is 11.5 Å². The smallest absolute Gasteiger partial charge is 0.0694 e. The van der Waals surface area contributed by atoms with Gasteiger partial charge in [0.1, 0.15) is 0 Å². The van der Waals surface area contributed by atoms with E-state index < -0.39 is 0 Å². The van der Waals surface area contributed by atoms with Crippen molar-refractivity contribution in [1.29, 1.82) is 5.26 Å². The summed E-state index contributed by atoms with van der Waals surface area (Å²) < 4.78 is 5.11. The first kappa shape index (κ1) is 11.2. The van der Waals surface area contributed by atoms with Crippen molar-refractivity contribution in [3.63, 3.8) is 0 Å². The van der Waals surface area contributed by atoms with Crippen molar-refractivity contribution in [2.45, 2.75) is 25.7 Å². The minimum atomic E-state index is -0.204. The van der Waals surface area contributed by atoms with E-state index in [0.29, 0.717) is 6.61 Å². The quantitative estimate of drug-likeness (QED) is 0.776. The van der Waals surface area contributed by atoms with Gasteiger partial charge in [-0.1, -0.05) is 24.3 Å². The van der Waals surface area contributed by atoms with Crippen LogP contribution in [0.4, 0.5) is 0 Å². The second-order valence-corrected chi connectivity index (χ2v) is 4.58. The van der Waals surface area contributed by atoms with E-state index in [1.165, 1.54) is 11.1 Å². The van der Waals surface area contributed by atoms with Gasteiger partial charge in [-0.25, -0.2) is 0 Å². The van der Waals surface area contributed by atoms with Crippen LogP contribution >= 0.6 is 0 Å². The van der Waals surface area contributed by atoms with Crippen molar-refractivity contribution in [2.75, 3.05) is 13.7 Å².